The van der Waals surface area contributed by atoms with Gasteiger partial charge in [-0.05, 0) is 42.4 Å². The van der Waals surface area contributed by atoms with Crippen LogP contribution >= 0.6 is 15.9 Å². The lowest BCUT2D eigenvalue weighted by Crippen LogP contribution is -2.26. The molecule has 0 spiro atoms. The molecule has 0 amide bonds. The predicted octanol–water partition coefficient (Wildman–Crippen LogP) is 2.43. The molecule has 0 fully saturated rings. The van der Waals surface area contributed by atoms with Gasteiger partial charge in [0.25, 0.3) is 0 Å². The van der Waals surface area contributed by atoms with Crippen LogP contribution in [0.15, 0.2) is 10.5 Å². The van der Waals surface area contributed by atoms with Gasteiger partial charge in [0.15, 0.2) is 0 Å². The summed E-state index contributed by atoms with van der Waals surface area (Å²) >= 11 is 3.64. The summed E-state index contributed by atoms with van der Waals surface area (Å²) in [6.45, 7) is 7.09. The summed E-state index contributed by atoms with van der Waals surface area (Å²) in [6, 6.07) is 2.38. The molecule has 0 aliphatic heterocycles. The van der Waals surface area contributed by atoms with E-state index in [4.69, 9.17) is 0 Å². The lowest BCUT2D eigenvalue weighted by Gasteiger charge is -2.18. The number of aromatic nitrogens is 4. The molecule has 0 saturated heterocycles. The van der Waals surface area contributed by atoms with Gasteiger partial charge in [-0.25, -0.2) is 0 Å². The molecule has 1 N–H and O–H groups in total. The summed E-state index contributed by atoms with van der Waals surface area (Å²) in [4.78, 5) is 0. The van der Waals surface area contributed by atoms with Gasteiger partial charge in [-0.3, -0.25) is 9.36 Å². The molecule has 0 aromatic carbocycles. The fourth-order valence-corrected chi connectivity index (χ4v) is 3.08. The Morgan fingerprint density at radius 3 is 2.40 bits per heavy atom. The summed E-state index contributed by atoms with van der Waals surface area (Å²) in [5, 5.41) is 12.5. The summed E-state index contributed by atoms with van der Waals surface area (Å²) in [5.74, 6) is 0. The first kappa shape index (κ1) is 15.3. The third kappa shape index (κ3) is 2.96. The smallest absolute Gasteiger partial charge is 0.0738 e. The standard InChI is InChI=1S/C14H22BrN5/c1-6-16-11(12-7-9(2)17-19(12)4)8-13-14(15)10(3)18-20(13)5/h7,11,16H,6,8H2,1-5H3. The lowest BCUT2D eigenvalue weighted by atomic mass is 10.1. The molecule has 0 aliphatic carbocycles. The van der Waals surface area contributed by atoms with Crippen LogP contribution in [0.25, 0.3) is 0 Å². The van der Waals surface area contributed by atoms with Gasteiger partial charge >= 0.3 is 0 Å². The summed E-state index contributed by atoms with van der Waals surface area (Å²) < 4.78 is 5.01. The molecular weight excluding hydrogens is 318 g/mol. The van der Waals surface area contributed by atoms with Gasteiger partial charge in [0.2, 0.25) is 0 Å². The van der Waals surface area contributed by atoms with Crippen molar-refractivity contribution in [1.29, 1.82) is 0 Å². The number of nitrogens with one attached hydrogen (secondary N) is 1. The second-order valence-corrected chi connectivity index (χ2v) is 5.91. The minimum atomic E-state index is 0.234. The quantitative estimate of drug-likeness (QED) is 0.909. The SMILES string of the molecule is CCNC(Cc1c(Br)c(C)nn1C)c1cc(C)nn1C. The van der Waals surface area contributed by atoms with Crippen LogP contribution in [-0.2, 0) is 20.5 Å². The van der Waals surface area contributed by atoms with E-state index < -0.39 is 0 Å². The number of likely N-dealkylation sites (N-methyl/N-ethyl adjacent to an activating group) is 1. The second-order valence-electron chi connectivity index (χ2n) is 5.12. The van der Waals surface area contributed by atoms with Gasteiger partial charge < -0.3 is 5.32 Å². The average molecular weight is 340 g/mol. The Hall–Kier alpha value is -1.14. The first-order chi connectivity index (χ1) is 9.43. The fraction of sp³-hybridized carbons (Fsp3) is 0.571. The number of rotatable bonds is 5. The summed E-state index contributed by atoms with van der Waals surface area (Å²) in [7, 11) is 3.99. The molecule has 5 nitrogen and oxygen atoms in total. The van der Waals surface area contributed by atoms with Crippen molar-refractivity contribution in [3.8, 4) is 0 Å². The van der Waals surface area contributed by atoms with Crippen molar-refractivity contribution in [3.63, 3.8) is 0 Å². The van der Waals surface area contributed by atoms with E-state index in [0.29, 0.717) is 0 Å². The zero-order valence-corrected chi connectivity index (χ0v) is 14.3. The van der Waals surface area contributed by atoms with Crippen molar-refractivity contribution < 1.29 is 0 Å². The molecule has 20 heavy (non-hydrogen) atoms. The molecule has 6 heteroatoms. The van der Waals surface area contributed by atoms with E-state index in [1.807, 2.05) is 37.3 Å². The molecule has 2 aromatic heterocycles. The maximum atomic E-state index is 4.46. The molecule has 2 heterocycles. The Labute approximate surface area is 128 Å². The normalized spacial score (nSPS) is 12.9. The summed E-state index contributed by atoms with van der Waals surface area (Å²) in [6.07, 6.45) is 0.880. The van der Waals surface area contributed by atoms with Crippen LogP contribution in [0.5, 0.6) is 0 Å². The van der Waals surface area contributed by atoms with Gasteiger partial charge in [0.05, 0.1) is 33.3 Å². The molecule has 1 atom stereocenters. The maximum Gasteiger partial charge on any atom is 0.0738 e. The lowest BCUT2D eigenvalue weighted by molar-refractivity contribution is 0.492. The zero-order chi connectivity index (χ0) is 14.9. The minimum Gasteiger partial charge on any atom is -0.309 e. The second kappa shape index (κ2) is 6.10. The Morgan fingerprint density at radius 2 is 1.95 bits per heavy atom. The molecule has 110 valence electrons. The van der Waals surface area contributed by atoms with Crippen molar-refractivity contribution in [2.45, 2.75) is 33.2 Å². The monoisotopic (exact) mass is 339 g/mol. The topological polar surface area (TPSA) is 47.7 Å². The largest absolute Gasteiger partial charge is 0.309 e. The summed E-state index contributed by atoms with van der Waals surface area (Å²) in [5.41, 5.74) is 4.48. The van der Waals surface area contributed by atoms with E-state index >= 15 is 0 Å². The number of halogens is 1. The van der Waals surface area contributed by atoms with Crippen LogP contribution in [0.3, 0.4) is 0 Å². The Balaban J connectivity index is 2.32. The minimum absolute atomic E-state index is 0.234. The van der Waals surface area contributed by atoms with E-state index in [9.17, 15) is 0 Å². The molecular formula is C14H22BrN5. The Morgan fingerprint density at radius 1 is 1.25 bits per heavy atom. The van der Waals surface area contributed by atoms with E-state index in [0.717, 1.165) is 28.8 Å². The van der Waals surface area contributed by atoms with Gasteiger partial charge in [-0.2, -0.15) is 10.2 Å². The first-order valence-electron chi connectivity index (χ1n) is 6.85. The Kier molecular flexibility index (Phi) is 4.65. The number of hydrogen-bond donors (Lipinski definition) is 1. The average Bonchev–Trinajstić information content (AvgIpc) is 2.82. The highest BCUT2D eigenvalue weighted by Crippen LogP contribution is 2.26. The van der Waals surface area contributed by atoms with E-state index in [1.165, 1.54) is 11.4 Å². The number of hydrogen-bond acceptors (Lipinski definition) is 3. The molecule has 0 radical (unpaired) electrons. The van der Waals surface area contributed by atoms with Gasteiger partial charge in [-0.15, -0.1) is 0 Å². The van der Waals surface area contributed by atoms with Crippen LogP contribution in [0, 0.1) is 13.8 Å². The third-order valence-electron chi connectivity index (χ3n) is 3.50. The molecule has 0 bridgehead atoms. The maximum absolute atomic E-state index is 4.46. The molecule has 1 unspecified atom stereocenters. The molecule has 0 aliphatic rings. The van der Waals surface area contributed by atoms with Crippen molar-refractivity contribution >= 4 is 15.9 Å². The zero-order valence-electron chi connectivity index (χ0n) is 12.7. The van der Waals surface area contributed by atoms with Crippen molar-refractivity contribution in [1.82, 2.24) is 24.9 Å². The fourth-order valence-electron chi connectivity index (χ4n) is 2.58. The van der Waals surface area contributed by atoms with Gasteiger partial charge in [0, 0.05) is 20.5 Å². The highest BCUT2D eigenvalue weighted by atomic mass is 79.9. The van der Waals surface area contributed by atoms with E-state index in [2.05, 4.69) is 44.4 Å². The van der Waals surface area contributed by atoms with Crippen LogP contribution in [0.4, 0.5) is 0 Å². The van der Waals surface area contributed by atoms with Crippen molar-refractivity contribution in [2.24, 2.45) is 14.1 Å². The number of nitrogens with zero attached hydrogens (tertiary/aromatic N) is 4. The third-order valence-corrected chi connectivity index (χ3v) is 4.54. The highest BCUT2D eigenvalue weighted by molar-refractivity contribution is 9.10. The van der Waals surface area contributed by atoms with E-state index in [-0.39, 0.29) is 6.04 Å². The van der Waals surface area contributed by atoms with Crippen molar-refractivity contribution in [2.75, 3.05) is 6.54 Å². The molecule has 2 rings (SSSR count). The predicted molar refractivity (Wildman–Crippen MR) is 83.7 cm³/mol. The first-order valence-corrected chi connectivity index (χ1v) is 7.65. The Bertz CT molecular complexity index is 599. The van der Waals surface area contributed by atoms with Gasteiger partial charge in [-0.1, -0.05) is 6.92 Å². The van der Waals surface area contributed by atoms with Crippen molar-refractivity contribution in [3.05, 3.63) is 33.3 Å². The van der Waals surface area contributed by atoms with Crippen LogP contribution in [0.1, 0.15) is 35.7 Å². The van der Waals surface area contributed by atoms with Crippen LogP contribution in [0.2, 0.25) is 0 Å². The molecule has 0 saturated carbocycles. The van der Waals surface area contributed by atoms with Crippen LogP contribution < -0.4 is 5.32 Å². The van der Waals surface area contributed by atoms with Crippen LogP contribution in [-0.4, -0.2) is 26.1 Å². The van der Waals surface area contributed by atoms with E-state index in [1.54, 1.807) is 0 Å². The molecule has 2 aromatic rings. The van der Waals surface area contributed by atoms with Gasteiger partial charge in [0.1, 0.15) is 0 Å². The highest BCUT2D eigenvalue weighted by Gasteiger charge is 2.20. The number of aryl methyl sites for hydroxylation is 4.